The molecule has 0 saturated heterocycles. The molecule has 2 atom stereocenters. The Balaban J connectivity index is 1.69. The minimum Gasteiger partial charge on any atom is -0.488 e. The zero-order chi connectivity index (χ0) is 22.8. The van der Waals surface area contributed by atoms with Gasteiger partial charge in [0.2, 0.25) is 5.91 Å². The molecule has 2 aromatic carbocycles. The smallest absolute Gasteiger partial charge is 0.244 e. The maximum atomic E-state index is 12.5. The number of benzene rings is 2. The second-order valence-electron chi connectivity index (χ2n) is 7.69. The van der Waals surface area contributed by atoms with Gasteiger partial charge in [-0.2, -0.15) is 5.10 Å². The third kappa shape index (κ3) is 5.88. The predicted molar refractivity (Wildman–Crippen MR) is 129 cm³/mol. The highest BCUT2D eigenvalue weighted by atomic mass is 35.5. The monoisotopic (exact) mass is 518 g/mol. The molecule has 31 heavy (non-hydrogen) atoms. The number of hydrogen-bond acceptors (Lipinski definition) is 3. The molecule has 1 aliphatic carbocycles. The molecule has 3 rings (SSSR count). The zero-order valence-corrected chi connectivity index (χ0v) is 20.4. The van der Waals surface area contributed by atoms with Gasteiger partial charge in [0.25, 0.3) is 0 Å². The van der Waals surface area contributed by atoms with Crippen molar-refractivity contribution in [2.24, 2.45) is 22.4 Å². The average molecular weight is 521 g/mol. The van der Waals surface area contributed by atoms with E-state index in [4.69, 9.17) is 62.7 Å². The Labute approximate surface area is 206 Å². The van der Waals surface area contributed by atoms with E-state index in [2.05, 4.69) is 10.5 Å². The topological polar surface area (TPSA) is 50.7 Å². The van der Waals surface area contributed by atoms with E-state index in [0.717, 1.165) is 0 Å². The number of allylic oxidation sites excluding steroid dienone is 1. The first-order chi connectivity index (χ1) is 14.6. The van der Waals surface area contributed by atoms with Crippen LogP contribution >= 0.6 is 58.0 Å². The van der Waals surface area contributed by atoms with Crippen LogP contribution in [0.15, 0.2) is 52.1 Å². The Hall–Kier alpha value is -1.43. The van der Waals surface area contributed by atoms with Crippen LogP contribution in [-0.4, -0.2) is 12.1 Å². The first-order valence-electron chi connectivity index (χ1n) is 9.32. The number of halogens is 5. The van der Waals surface area contributed by atoms with Gasteiger partial charge in [-0.15, -0.1) is 0 Å². The normalized spacial score (nSPS) is 19.2. The van der Waals surface area contributed by atoms with Gasteiger partial charge in [0, 0.05) is 26.2 Å². The van der Waals surface area contributed by atoms with E-state index >= 15 is 0 Å². The number of hydrogen-bond donors (Lipinski definition) is 1. The minimum atomic E-state index is -0.269. The molecule has 0 aromatic heterocycles. The Bertz CT molecular complexity index is 1030. The predicted octanol–water partition coefficient (Wildman–Crippen LogP) is 7.27. The molecular formula is C22H19Cl5N2O2. The molecule has 4 nitrogen and oxygen atoms in total. The Kier molecular flexibility index (Phi) is 7.82. The molecule has 0 radical (unpaired) electrons. The van der Waals surface area contributed by atoms with Crippen molar-refractivity contribution in [2.45, 2.75) is 20.5 Å². The number of ether oxygens (including phenoxy) is 1. The summed E-state index contributed by atoms with van der Waals surface area (Å²) in [6.45, 7) is 4.11. The highest BCUT2D eigenvalue weighted by Gasteiger charge is 2.60. The highest BCUT2D eigenvalue weighted by Crippen LogP contribution is 2.59. The van der Waals surface area contributed by atoms with Gasteiger partial charge in [-0.05, 0) is 47.7 Å². The quantitative estimate of drug-likeness (QED) is 0.308. The first-order valence-corrected chi connectivity index (χ1v) is 11.2. The SMILES string of the molecule is CC1(C)[C@H](C=C(Cl)Cl)[C@H]1C(=O)N/N=C\c1cc(Cl)ccc1OCc1c(Cl)cccc1Cl. The molecule has 1 saturated carbocycles. The van der Waals surface area contributed by atoms with Crippen molar-refractivity contribution in [3.8, 4) is 5.75 Å². The fraction of sp³-hybridized carbons (Fsp3) is 0.273. The van der Waals surface area contributed by atoms with Crippen LogP contribution in [-0.2, 0) is 11.4 Å². The lowest BCUT2D eigenvalue weighted by Gasteiger charge is -2.12. The van der Waals surface area contributed by atoms with Crippen molar-refractivity contribution in [3.63, 3.8) is 0 Å². The Morgan fingerprint density at radius 3 is 2.48 bits per heavy atom. The summed E-state index contributed by atoms with van der Waals surface area (Å²) in [5.74, 6) is -0.0166. The van der Waals surface area contributed by atoms with Crippen LogP contribution < -0.4 is 10.2 Å². The third-order valence-corrected chi connectivity index (χ3v) is 6.48. The van der Waals surface area contributed by atoms with Gasteiger partial charge in [-0.1, -0.05) is 77.9 Å². The van der Waals surface area contributed by atoms with Gasteiger partial charge >= 0.3 is 0 Å². The van der Waals surface area contributed by atoms with E-state index < -0.39 is 0 Å². The maximum absolute atomic E-state index is 12.5. The summed E-state index contributed by atoms with van der Waals surface area (Å²) >= 11 is 30.0. The molecular weight excluding hydrogens is 502 g/mol. The van der Waals surface area contributed by atoms with Gasteiger partial charge in [-0.3, -0.25) is 4.79 Å². The van der Waals surface area contributed by atoms with Crippen molar-refractivity contribution < 1.29 is 9.53 Å². The Morgan fingerprint density at radius 2 is 1.84 bits per heavy atom. The number of carbonyl (C=O) groups excluding carboxylic acids is 1. The summed E-state index contributed by atoms with van der Waals surface area (Å²) in [5, 5.41) is 5.59. The molecule has 2 aromatic rings. The fourth-order valence-corrected chi connectivity index (χ4v) is 4.39. The lowest BCUT2D eigenvalue weighted by Crippen LogP contribution is -2.22. The van der Waals surface area contributed by atoms with Crippen molar-refractivity contribution in [1.82, 2.24) is 5.43 Å². The van der Waals surface area contributed by atoms with Crippen LogP contribution in [0.5, 0.6) is 5.75 Å². The van der Waals surface area contributed by atoms with E-state index in [1.807, 2.05) is 13.8 Å². The van der Waals surface area contributed by atoms with E-state index in [0.29, 0.717) is 31.9 Å². The van der Waals surface area contributed by atoms with Crippen LogP contribution in [0.4, 0.5) is 0 Å². The fourth-order valence-electron chi connectivity index (χ4n) is 3.43. The van der Waals surface area contributed by atoms with Crippen molar-refractivity contribution in [3.05, 3.63) is 73.2 Å². The zero-order valence-electron chi connectivity index (χ0n) is 16.6. The summed E-state index contributed by atoms with van der Waals surface area (Å²) in [6.07, 6.45) is 3.15. The first kappa shape index (κ1) is 24.2. The third-order valence-electron chi connectivity index (χ3n) is 5.28. The van der Waals surface area contributed by atoms with Crippen LogP contribution in [0.2, 0.25) is 15.1 Å². The molecule has 9 heteroatoms. The number of rotatable bonds is 7. The van der Waals surface area contributed by atoms with Crippen molar-refractivity contribution in [2.75, 3.05) is 0 Å². The summed E-state index contributed by atoms with van der Waals surface area (Å²) in [4.78, 5) is 12.5. The largest absolute Gasteiger partial charge is 0.488 e. The summed E-state index contributed by atoms with van der Waals surface area (Å²) in [5.41, 5.74) is 3.58. The van der Waals surface area contributed by atoms with Crippen LogP contribution in [0, 0.1) is 17.3 Å². The van der Waals surface area contributed by atoms with E-state index in [1.165, 1.54) is 6.21 Å². The molecule has 0 unspecified atom stereocenters. The van der Waals surface area contributed by atoms with Crippen molar-refractivity contribution in [1.29, 1.82) is 0 Å². The van der Waals surface area contributed by atoms with Crippen molar-refractivity contribution >= 4 is 70.1 Å². The van der Waals surface area contributed by atoms with Gasteiger partial charge in [0.05, 0.1) is 12.1 Å². The number of hydrazone groups is 1. The molecule has 1 fully saturated rings. The molecule has 1 amide bonds. The van der Waals surface area contributed by atoms with Gasteiger partial charge in [0.15, 0.2) is 0 Å². The molecule has 0 heterocycles. The van der Waals surface area contributed by atoms with Gasteiger partial charge in [-0.25, -0.2) is 5.43 Å². The molecule has 1 N–H and O–H groups in total. The van der Waals surface area contributed by atoms with Gasteiger partial charge < -0.3 is 4.74 Å². The molecule has 0 bridgehead atoms. The van der Waals surface area contributed by atoms with E-state index in [1.54, 1.807) is 42.5 Å². The number of amides is 1. The average Bonchev–Trinajstić information content (AvgIpc) is 3.21. The lowest BCUT2D eigenvalue weighted by atomic mass is 10.1. The maximum Gasteiger partial charge on any atom is 0.244 e. The number of nitrogens with zero attached hydrogens (tertiary/aromatic N) is 1. The molecule has 0 spiro atoms. The number of nitrogens with one attached hydrogen (secondary N) is 1. The van der Waals surface area contributed by atoms with Crippen LogP contribution in [0.1, 0.15) is 25.0 Å². The van der Waals surface area contributed by atoms with Crippen LogP contribution in [0.3, 0.4) is 0 Å². The summed E-state index contributed by atoms with van der Waals surface area (Å²) in [6, 6.07) is 10.3. The van der Waals surface area contributed by atoms with E-state index in [-0.39, 0.29) is 34.3 Å². The standard InChI is InChI=1S/C22H19Cl5N2O2/c1-22(2)15(9-19(26)27)20(22)21(30)29-28-10-12-8-13(23)6-7-18(12)31-11-14-16(24)4-3-5-17(14)25/h3-10,15,20H,11H2,1-2H3,(H,29,30)/b28-10-/t15-,20+/m1/s1. The summed E-state index contributed by atoms with van der Waals surface area (Å²) < 4.78 is 6.03. The second kappa shape index (κ2) is 10.0. The Morgan fingerprint density at radius 1 is 1.16 bits per heavy atom. The minimum absolute atomic E-state index is 0.0434. The van der Waals surface area contributed by atoms with Crippen LogP contribution in [0.25, 0.3) is 0 Å². The molecule has 0 aliphatic heterocycles. The summed E-state index contributed by atoms with van der Waals surface area (Å²) in [7, 11) is 0. The second-order valence-corrected chi connectivity index (χ2v) is 9.95. The molecule has 164 valence electrons. The lowest BCUT2D eigenvalue weighted by molar-refractivity contribution is -0.123. The number of carbonyl (C=O) groups is 1. The van der Waals surface area contributed by atoms with E-state index in [9.17, 15) is 4.79 Å². The molecule has 1 aliphatic rings. The highest BCUT2D eigenvalue weighted by molar-refractivity contribution is 6.55. The van der Waals surface area contributed by atoms with Gasteiger partial charge in [0.1, 0.15) is 16.8 Å².